The van der Waals surface area contributed by atoms with E-state index >= 15 is 0 Å². The highest BCUT2D eigenvalue weighted by Gasteiger charge is 2.30. The molecule has 0 spiro atoms. The fourth-order valence-corrected chi connectivity index (χ4v) is 2.49. The van der Waals surface area contributed by atoms with E-state index in [9.17, 15) is 18.0 Å². The standard InChI is InChI=1S/C8H11N3O6S/c1-10-2-6(9-5-10)18(16,17)11(3-7(12)13)4-8(14)15/h2,5H,3-4H2,1H3,(H,12,13)(H,14,15). The van der Waals surface area contributed by atoms with E-state index in [4.69, 9.17) is 10.2 Å². The molecule has 0 fully saturated rings. The molecule has 0 bridgehead atoms. The third kappa shape index (κ3) is 3.28. The zero-order valence-corrected chi connectivity index (χ0v) is 10.2. The van der Waals surface area contributed by atoms with Crippen LogP contribution in [0.3, 0.4) is 0 Å². The molecule has 2 N–H and O–H groups in total. The third-order valence-electron chi connectivity index (χ3n) is 1.91. The molecule has 0 aliphatic rings. The van der Waals surface area contributed by atoms with E-state index in [1.54, 1.807) is 0 Å². The van der Waals surface area contributed by atoms with Crippen LogP contribution in [0.15, 0.2) is 17.6 Å². The van der Waals surface area contributed by atoms with E-state index in [2.05, 4.69) is 4.98 Å². The van der Waals surface area contributed by atoms with Gasteiger partial charge in [-0.2, -0.15) is 4.31 Å². The molecular weight excluding hydrogens is 266 g/mol. The minimum absolute atomic E-state index is 0.333. The summed E-state index contributed by atoms with van der Waals surface area (Å²) in [6, 6.07) is 0. The summed E-state index contributed by atoms with van der Waals surface area (Å²) in [5.41, 5.74) is 0. The number of nitrogens with zero attached hydrogens (tertiary/aromatic N) is 3. The molecule has 0 unspecified atom stereocenters. The average Bonchev–Trinajstić information content (AvgIpc) is 2.63. The number of carbonyl (C=O) groups is 2. The molecule has 0 amide bonds. The van der Waals surface area contributed by atoms with Crippen LogP contribution in [0.2, 0.25) is 0 Å². The number of aryl methyl sites for hydroxylation is 1. The molecule has 0 aliphatic heterocycles. The summed E-state index contributed by atoms with van der Waals surface area (Å²) in [4.78, 5) is 24.7. The van der Waals surface area contributed by atoms with Gasteiger partial charge in [0, 0.05) is 13.2 Å². The van der Waals surface area contributed by atoms with Crippen LogP contribution in [0.1, 0.15) is 0 Å². The Hall–Kier alpha value is -1.94. The molecule has 100 valence electrons. The lowest BCUT2D eigenvalue weighted by Crippen LogP contribution is -2.39. The van der Waals surface area contributed by atoms with Crippen molar-refractivity contribution in [3.63, 3.8) is 0 Å². The zero-order valence-electron chi connectivity index (χ0n) is 9.35. The van der Waals surface area contributed by atoms with Crippen molar-refractivity contribution >= 4 is 22.0 Å². The van der Waals surface area contributed by atoms with Gasteiger partial charge in [-0.3, -0.25) is 9.59 Å². The monoisotopic (exact) mass is 277 g/mol. The average molecular weight is 277 g/mol. The minimum atomic E-state index is -4.23. The van der Waals surface area contributed by atoms with Gasteiger partial charge in [0.2, 0.25) is 0 Å². The summed E-state index contributed by atoms with van der Waals surface area (Å²) in [6.45, 7) is -1.88. The summed E-state index contributed by atoms with van der Waals surface area (Å²) in [5.74, 6) is -2.90. The van der Waals surface area contributed by atoms with Crippen LogP contribution in [0.4, 0.5) is 0 Å². The van der Waals surface area contributed by atoms with E-state index in [-0.39, 0.29) is 0 Å². The first kappa shape index (κ1) is 14.1. The van der Waals surface area contributed by atoms with E-state index in [0.29, 0.717) is 4.31 Å². The van der Waals surface area contributed by atoms with Gasteiger partial charge in [-0.25, -0.2) is 13.4 Å². The lowest BCUT2D eigenvalue weighted by Gasteiger charge is -2.16. The molecule has 1 rings (SSSR count). The molecule has 0 aliphatic carbocycles. The molecular formula is C8H11N3O6S. The first-order valence-corrected chi connectivity index (χ1v) is 6.09. The van der Waals surface area contributed by atoms with Gasteiger partial charge in [0.15, 0.2) is 5.03 Å². The zero-order chi connectivity index (χ0) is 13.9. The number of aliphatic carboxylic acids is 2. The number of carboxylic acid groups (broad SMARTS) is 2. The number of hydrogen-bond donors (Lipinski definition) is 2. The Bertz CT molecular complexity index is 547. The van der Waals surface area contributed by atoms with E-state index in [1.165, 1.54) is 17.9 Å². The van der Waals surface area contributed by atoms with Crippen molar-refractivity contribution in [3.05, 3.63) is 12.5 Å². The fraction of sp³-hybridized carbons (Fsp3) is 0.375. The van der Waals surface area contributed by atoms with Gasteiger partial charge in [0.05, 0.1) is 6.33 Å². The van der Waals surface area contributed by atoms with Gasteiger partial charge in [0.25, 0.3) is 10.0 Å². The highest BCUT2D eigenvalue weighted by molar-refractivity contribution is 7.89. The Morgan fingerprint density at radius 1 is 1.33 bits per heavy atom. The fourth-order valence-electron chi connectivity index (χ4n) is 1.18. The van der Waals surface area contributed by atoms with Crippen LogP contribution in [0.5, 0.6) is 0 Å². The van der Waals surface area contributed by atoms with Crippen molar-refractivity contribution in [2.75, 3.05) is 13.1 Å². The van der Waals surface area contributed by atoms with Crippen molar-refractivity contribution in [3.8, 4) is 0 Å². The number of hydrogen-bond acceptors (Lipinski definition) is 5. The molecule has 1 aromatic heterocycles. The summed E-state index contributed by atoms with van der Waals surface area (Å²) in [7, 11) is -2.70. The van der Waals surface area contributed by atoms with Gasteiger partial charge in [0.1, 0.15) is 13.1 Å². The topological polar surface area (TPSA) is 130 Å². The summed E-state index contributed by atoms with van der Waals surface area (Å²) < 4.78 is 25.6. The molecule has 0 aromatic carbocycles. The molecule has 0 saturated carbocycles. The predicted octanol–water partition coefficient (Wildman–Crippen LogP) is -1.42. The lowest BCUT2D eigenvalue weighted by atomic mass is 10.6. The normalized spacial score (nSPS) is 11.7. The van der Waals surface area contributed by atoms with Gasteiger partial charge in [-0.15, -0.1) is 0 Å². The highest BCUT2D eigenvalue weighted by Crippen LogP contribution is 2.12. The molecule has 0 atom stereocenters. The molecule has 18 heavy (non-hydrogen) atoms. The van der Waals surface area contributed by atoms with E-state index < -0.39 is 40.1 Å². The van der Waals surface area contributed by atoms with Crippen LogP contribution < -0.4 is 0 Å². The second kappa shape index (κ2) is 5.14. The van der Waals surface area contributed by atoms with Crippen LogP contribution in [0, 0.1) is 0 Å². The Morgan fingerprint density at radius 3 is 2.17 bits per heavy atom. The summed E-state index contributed by atoms with van der Waals surface area (Å²) in [5, 5.41) is 16.8. The van der Waals surface area contributed by atoms with Gasteiger partial charge in [-0.1, -0.05) is 0 Å². The van der Waals surface area contributed by atoms with Crippen molar-refractivity contribution in [1.29, 1.82) is 0 Å². The minimum Gasteiger partial charge on any atom is -0.480 e. The number of rotatable bonds is 6. The molecule has 1 heterocycles. The SMILES string of the molecule is Cn1cnc(S(=O)(=O)N(CC(=O)O)CC(=O)O)c1. The number of imidazole rings is 1. The number of carboxylic acids is 2. The van der Waals surface area contributed by atoms with Crippen molar-refractivity contribution < 1.29 is 28.2 Å². The molecule has 1 aromatic rings. The Morgan fingerprint density at radius 2 is 1.83 bits per heavy atom. The quantitative estimate of drug-likeness (QED) is 0.652. The van der Waals surface area contributed by atoms with Crippen LogP contribution in [-0.4, -0.2) is 57.5 Å². The molecule has 0 saturated heterocycles. The van der Waals surface area contributed by atoms with Crippen LogP contribution >= 0.6 is 0 Å². The van der Waals surface area contributed by atoms with Gasteiger partial charge in [-0.05, 0) is 0 Å². The maximum atomic E-state index is 11.9. The summed E-state index contributed by atoms with van der Waals surface area (Å²) in [6.07, 6.45) is 2.37. The van der Waals surface area contributed by atoms with Crippen LogP contribution in [0.25, 0.3) is 0 Å². The lowest BCUT2D eigenvalue weighted by molar-refractivity contribution is -0.139. The second-order valence-corrected chi connectivity index (χ2v) is 5.32. The Kier molecular flexibility index (Phi) is 4.03. The Labute approximate surface area is 102 Å². The number of sulfonamides is 1. The van der Waals surface area contributed by atoms with Crippen molar-refractivity contribution in [2.45, 2.75) is 5.03 Å². The Balaban J connectivity index is 3.10. The van der Waals surface area contributed by atoms with Crippen LogP contribution in [-0.2, 0) is 26.7 Å². The summed E-state index contributed by atoms with van der Waals surface area (Å²) >= 11 is 0. The van der Waals surface area contributed by atoms with Gasteiger partial charge >= 0.3 is 11.9 Å². The maximum Gasteiger partial charge on any atom is 0.318 e. The van der Waals surface area contributed by atoms with Crippen molar-refractivity contribution in [2.24, 2.45) is 7.05 Å². The third-order valence-corrected chi connectivity index (χ3v) is 3.59. The largest absolute Gasteiger partial charge is 0.480 e. The molecule has 9 nitrogen and oxygen atoms in total. The second-order valence-electron chi connectivity index (χ2n) is 3.44. The first-order valence-electron chi connectivity index (χ1n) is 4.65. The highest BCUT2D eigenvalue weighted by atomic mass is 32.2. The smallest absolute Gasteiger partial charge is 0.318 e. The van der Waals surface area contributed by atoms with Gasteiger partial charge < -0.3 is 14.8 Å². The first-order chi connectivity index (χ1) is 8.23. The predicted molar refractivity (Wildman–Crippen MR) is 57.2 cm³/mol. The van der Waals surface area contributed by atoms with E-state index in [1.807, 2.05) is 0 Å². The van der Waals surface area contributed by atoms with Crippen molar-refractivity contribution in [1.82, 2.24) is 13.9 Å². The molecule has 10 heteroatoms. The maximum absolute atomic E-state index is 11.9. The molecule has 0 radical (unpaired) electrons. The van der Waals surface area contributed by atoms with E-state index in [0.717, 1.165) is 6.20 Å². The number of aromatic nitrogens is 2.